The number of aromatic nitrogens is 2. The van der Waals surface area contributed by atoms with Gasteiger partial charge in [-0.1, -0.05) is 45.7 Å². The quantitative estimate of drug-likeness (QED) is 0.739. The average molecular weight is 349 g/mol. The van der Waals surface area contributed by atoms with Crippen LogP contribution in [0.1, 0.15) is 0 Å². The molecule has 0 aliphatic rings. The Hall–Kier alpha value is -1.78. The van der Waals surface area contributed by atoms with Gasteiger partial charge in [-0.25, -0.2) is 4.68 Å². The van der Waals surface area contributed by atoms with E-state index >= 15 is 0 Å². The Balaban J connectivity index is 2.08. The van der Waals surface area contributed by atoms with E-state index in [2.05, 4.69) is 21.0 Å². The van der Waals surface area contributed by atoms with Crippen molar-refractivity contribution in [3.05, 3.63) is 64.2 Å². The molecule has 20 heavy (non-hydrogen) atoms. The fraction of sp³-hybridized carbons (Fsp3) is 0. The number of rotatable bonds is 2. The maximum atomic E-state index is 6.07. The van der Waals surface area contributed by atoms with E-state index in [0.717, 1.165) is 21.4 Å². The van der Waals surface area contributed by atoms with Crippen LogP contribution < -0.4 is 5.73 Å². The molecule has 0 unspecified atom stereocenters. The van der Waals surface area contributed by atoms with Crippen molar-refractivity contribution in [2.75, 3.05) is 5.73 Å². The highest BCUT2D eigenvalue weighted by molar-refractivity contribution is 9.10. The second-order valence-corrected chi connectivity index (χ2v) is 5.72. The molecule has 0 fully saturated rings. The molecule has 0 spiro atoms. The Morgan fingerprint density at radius 3 is 2.65 bits per heavy atom. The molecular weight excluding hydrogens is 338 g/mol. The summed E-state index contributed by atoms with van der Waals surface area (Å²) in [5, 5.41) is 5.21. The molecule has 3 aromatic rings. The largest absolute Gasteiger partial charge is 0.396 e. The SMILES string of the molecule is Nc1cn(-c2cccc(Cl)c2)nc1-c1cccc(Br)c1. The molecule has 0 aliphatic carbocycles. The third kappa shape index (κ3) is 2.57. The molecular formula is C15H11BrClN3. The van der Waals surface area contributed by atoms with Crippen LogP contribution in [0.2, 0.25) is 5.02 Å². The smallest absolute Gasteiger partial charge is 0.116 e. The van der Waals surface area contributed by atoms with Crippen LogP contribution in [0.15, 0.2) is 59.2 Å². The van der Waals surface area contributed by atoms with E-state index < -0.39 is 0 Å². The first kappa shape index (κ1) is 13.2. The van der Waals surface area contributed by atoms with Gasteiger partial charge in [0.2, 0.25) is 0 Å². The van der Waals surface area contributed by atoms with E-state index in [1.165, 1.54) is 0 Å². The first-order valence-corrected chi connectivity index (χ1v) is 7.17. The molecule has 0 saturated carbocycles. The highest BCUT2D eigenvalue weighted by Gasteiger charge is 2.10. The van der Waals surface area contributed by atoms with Crippen LogP contribution in [0, 0.1) is 0 Å². The van der Waals surface area contributed by atoms with E-state index in [9.17, 15) is 0 Å². The summed E-state index contributed by atoms with van der Waals surface area (Å²) < 4.78 is 2.73. The van der Waals surface area contributed by atoms with Gasteiger partial charge in [0, 0.05) is 15.1 Å². The molecule has 0 radical (unpaired) electrons. The molecule has 2 N–H and O–H groups in total. The Morgan fingerprint density at radius 1 is 1.10 bits per heavy atom. The monoisotopic (exact) mass is 347 g/mol. The van der Waals surface area contributed by atoms with Crippen LogP contribution in [0.5, 0.6) is 0 Å². The van der Waals surface area contributed by atoms with Gasteiger partial charge in [-0.3, -0.25) is 0 Å². The second-order valence-electron chi connectivity index (χ2n) is 4.37. The number of nitrogen functional groups attached to an aromatic ring is 1. The molecule has 2 aromatic carbocycles. The van der Waals surface area contributed by atoms with Gasteiger partial charge in [0.1, 0.15) is 5.69 Å². The summed E-state index contributed by atoms with van der Waals surface area (Å²) >= 11 is 9.45. The minimum Gasteiger partial charge on any atom is -0.396 e. The van der Waals surface area contributed by atoms with E-state index in [1.807, 2.05) is 48.5 Å². The number of anilines is 1. The van der Waals surface area contributed by atoms with Gasteiger partial charge in [0.25, 0.3) is 0 Å². The molecule has 1 heterocycles. The van der Waals surface area contributed by atoms with Crippen LogP contribution >= 0.6 is 27.5 Å². The van der Waals surface area contributed by atoms with Crippen molar-refractivity contribution in [3.8, 4) is 16.9 Å². The van der Waals surface area contributed by atoms with Gasteiger partial charge >= 0.3 is 0 Å². The third-order valence-corrected chi connectivity index (χ3v) is 3.64. The number of hydrogen-bond donors (Lipinski definition) is 1. The van der Waals surface area contributed by atoms with Crippen LogP contribution in [0.4, 0.5) is 5.69 Å². The minimum atomic E-state index is 0.628. The Morgan fingerprint density at radius 2 is 1.90 bits per heavy atom. The first-order valence-electron chi connectivity index (χ1n) is 6.00. The van der Waals surface area contributed by atoms with Gasteiger partial charge in [0.15, 0.2) is 0 Å². The van der Waals surface area contributed by atoms with Gasteiger partial charge < -0.3 is 5.73 Å². The van der Waals surface area contributed by atoms with Gasteiger partial charge in [-0.15, -0.1) is 0 Å². The van der Waals surface area contributed by atoms with Crippen molar-refractivity contribution in [2.45, 2.75) is 0 Å². The van der Waals surface area contributed by atoms with E-state index in [4.69, 9.17) is 17.3 Å². The zero-order valence-electron chi connectivity index (χ0n) is 10.4. The minimum absolute atomic E-state index is 0.628. The molecule has 0 bridgehead atoms. The molecule has 0 saturated heterocycles. The van der Waals surface area contributed by atoms with Crippen LogP contribution in [0.3, 0.4) is 0 Å². The second kappa shape index (κ2) is 5.31. The Labute approximate surface area is 130 Å². The zero-order valence-corrected chi connectivity index (χ0v) is 12.8. The summed E-state index contributed by atoms with van der Waals surface area (Å²) in [6, 6.07) is 15.4. The fourth-order valence-electron chi connectivity index (χ4n) is 2.00. The molecule has 1 aromatic heterocycles. The Bertz CT molecular complexity index is 767. The van der Waals surface area contributed by atoms with E-state index in [-0.39, 0.29) is 0 Å². The van der Waals surface area contributed by atoms with Gasteiger partial charge in [-0.2, -0.15) is 5.10 Å². The van der Waals surface area contributed by atoms with Crippen molar-refractivity contribution < 1.29 is 0 Å². The van der Waals surface area contributed by atoms with Gasteiger partial charge in [-0.05, 0) is 30.3 Å². The zero-order chi connectivity index (χ0) is 14.1. The molecule has 0 atom stereocenters. The van der Waals surface area contributed by atoms with E-state index in [1.54, 1.807) is 10.9 Å². The number of benzene rings is 2. The van der Waals surface area contributed by atoms with E-state index in [0.29, 0.717) is 10.7 Å². The van der Waals surface area contributed by atoms with Gasteiger partial charge in [0.05, 0.1) is 17.6 Å². The van der Waals surface area contributed by atoms with Crippen molar-refractivity contribution in [3.63, 3.8) is 0 Å². The summed E-state index contributed by atoms with van der Waals surface area (Å²) in [6.07, 6.45) is 1.79. The third-order valence-electron chi connectivity index (χ3n) is 2.91. The number of nitrogens with zero attached hydrogens (tertiary/aromatic N) is 2. The highest BCUT2D eigenvalue weighted by Crippen LogP contribution is 2.27. The van der Waals surface area contributed by atoms with Crippen LogP contribution in [-0.4, -0.2) is 9.78 Å². The summed E-state index contributed by atoms with van der Waals surface area (Å²) in [7, 11) is 0. The highest BCUT2D eigenvalue weighted by atomic mass is 79.9. The molecule has 0 aliphatic heterocycles. The lowest BCUT2D eigenvalue weighted by atomic mass is 10.1. The molecule has 3 rings (SSSR count). The standard InChI is InChI=1S/C15H11BrClN3/c16-11-4-1-3-10(7-11)15-14(18)9-20(19-15)13-6-2-5-12(17)8-13/h1-9H,18H2. The number of nitrogens with two attached hydrogens (primary N) is 1. The number of halogens is 2. The van der Waals surface area contributed by atoms with Crippen molar-refractivity contribution in [2.24, 2.45) is 0 Å². The van der Waals surface area contributed by atoms with Crippen molar-refractivity contribution in [1.29, 1.82) is 0 Å². The molecule has 5 heteroatoms. The number of hydrogen-bond acceptors (Lipinski definition) is 2. The van der Waals surface area contributed by atoms with Crippen molar-refractivity contribution in [1.82, 2.24) is 9.78 Å². The predicted molar refractivity (Wildman–Crippen MR) is 86.1 cm³/mol. The molecule has 3 nitrogen and oxygen atoms in total. The summed E-state index contributed by atoms with van der Waals surface area (Å²) in [5.74, 6) is 0. The summed E-state index contributed by atoms with van der Waals surface area (Å²) in [4.78, 5) is 0. The van der Waals surface area contributed by atoms with Crippen molar-refractivity contribution >= 4 is 33.2 Å². The maximum Gasteiger partial charge on any atom is 0.116 e. The first-order chi connectivity index (χ1) is 9.63. The lowest BCUT2D eigenvalue weighted by molar-refractivity contribution is 0.884. The average Bonchev–Trinajstić information content (AvgIpc) is 2.81. The normalized spacial score (nSPS) is 10.7. The fourth-order valence-corrected chi connectivity index (χ4v) is 2.58. The predicted octanol–water partition coefficient (Wildman–Crippen LogP) is 4.54. The molecule has 100 valence electrons. The van der Waals surface area contributed by atoms with Crippen LogP contribution in [-0.2, 0) is 0 Å². The lowest BCUT2D eigenvalue weighted by Gasteiger charge is -2.01. The molecule has 0 amide bonds. The lowest BCUT2D eigenvalue weighted by Crippen LogP contribution is -1.94. The Kier molecular flexibility index (Phi) is 3.51. The topological polar surface area (TPSA) is 43.8 Å². The van der Waals surface area contributed by atoms with Crippen LogP contribution in [0.25, 0.3) is 16.9 Å². The summed E-state index contributed by atoms with van der Waals surface area (Å²) in [6.45, 7) is 0. The summed E-state index contributed by atoms with van der Waals surface area (Å²) in [5.41, 5.74) is 9.30. The maximum absolute atomic E-state index is 6.07.